The lowest BCUT2D eigenvalue weighted by Crippen LogP contribution is -2.35. The van der Waals surface area contributed by atoms with E-state index in [-0.39, 0.29) is 13.0 Å². The standard InChI is InChI=1S/C12H18N4O2/c13-10-3-1-2-9(6-10)7-16(8-12(15)18)5-4-11(14)17/h1-3,6H,4-5,7-8,13H2,(H2,14,17)(H2,15,18). The first-order chi connectivity index (χ1) is 8.47. The normalized spacial score (nSPS) is 10.5. The summed E-state index contributed by atoms with van der Waals surface area (Å²) in [5.74, 6) is -0.847. The van der Waals surface area contributed by atoms with Crippen LogP contribution in [0.25, 0.3) is 0 Å². The van der Waals surface area contributed by atoms with Crippen LogP contribution < -0.4 is 17.2 Å². The molecule has 0 radical (unpaired) electrons. The van der Waals surface area contributed by atoms with Crippen molar-refractivity contribution in [2.24, 2.45) is 11.5 Å². The number of nitrogens with zero attached hydrogens (tertiary/aromatic N) is 1. The highest BCUT2D eigenvalue weighted by atomic mass is 16.1. The Balaban J connectivity index is 2.65. The zero-order valence-corrected chi connectivity index (χ0v) is 10.1. The van der Waals surface area contributed by atoms with Crippen LogP contribution in [0.4, 0.5) is 5.69 Å². The quantitative estimate of drug-likeness (QED) is 0.562. The highest BCUT2D eigenvalue weighted by molar-refractivity contribution is 5.76. The Labute approximate surface area is 106 Å². The SMILES string of the molecule is NC(=O)CCN(CC(N)=O)Cc1cccc(N)c1. The molecule has 6 N–H and O–H groups in total. The number of anilines is 1. The molecular formula is C12H18N4O2. The lowest BCUT2D eigenvalue weighted by Gasteiger charge is -2.20. The Bertz CT molecular complexity index is 434. The van der Waals surface area contributed by atoms with Gasteiger partial charge in [-0.1, -0.05) is 12.1 Å². The number of carbonyl (C=O) groups is 2. The van der Waals surface area contributed by atoms with Crippen LogP contribution in [-0.2, 0) is 16.1 Å². The number of hydrogen-bond acceptors (Lipinski definition) is 4. The largest absolute Gasteiger partial charge is 0.399 e. The minimum Gasteiger partial charge on any atom is -0.399 e. The lowest BCUT2D eigenvalue weighted by atomic mass is 10.2. The van der Waals surface area contributed by atoms with Crippen molar-refractivity contribution in [3.8, 4) is 0 Å². The number of amides is 2. The minimum atomic E-state index is -0.441. The molecule has 1 aromatic rings. The monoisotopic (exact) mass is 250 g/mol. The van der Waals surface area contributed by atoms with Gasteiger partial charge in [-0.15, -0.1) is 0 Å². The first-order valence-electron chi connectivity index (χ1n) is 5.60. The molecule has 18 heavy (non-hydrogen) atoms. The second-order valence-electron chi connectivity index (χ2n) is 4.14. The molecule has 6 nitrogen and oxygen atoms in total. The number of rotatable bonds is 7. The summed E-state index contributed by atoms with van der Waals surface area (Å²) in [5.41, 5.74) is 17.5. The molecule has 0 saturated carbocycles. The molecule has 0 heterocycles. The Morgan fingerprint density at radius 2 is 1.89 bits per heavy atom. The molecule has 1 aromatic carbocycles. The molecule has 2 amide bonds. The number of hydrogen-bond donors (Lipinski definition) is 3. The third-order valence-electron chi connectivity index (χ3n) is 2.41. The van der Waals surface area contributed by atoms with Gasteiger partial charge in [0.05, 0.1) is 6.54 Å². The van der Waals surface area contributed by atoms with Crippen LogP contribution in [0.2, 0.25) is 0 Å². The van der Waals surface area contributed by atoms with Crippen molar-refractivity contribution in [3.05, 3.63) is 29.8 Å². The van der Waals surface area contributed by atoms with Crippen LogP contribution in [0.1, 0.15) is 12.0 Å². The fourth-order valence-electron chi connectivity index (χ4n) is 1.65. The minimum absolute atomic E-state index is 0.0854. The van der Waals surface area contributed by atoms with Crippen LogP contribution in [-0.4, -0.2) is 29.8 Å². The van der Waals surface area contributed by atoms with Crippen LogP contribution in [0.15, 0.2) is 24.3 Å². The van der Waals surface area contributed by atoms with E-state index >= 15 is 0 Å². The maximum Gasteiger partial charge on any atom is 0.231 e. The van der Waals surface area contributed by atoms with Gasteiger partial charge >= 0.3 is 0 Å². The summed E-state index contributed by atoms with van der Waals surface area (Å²) in [7, 11) is 0. The summed E-state index contributed by atoms with van der Waals surface area (Å²) in [6, 6.07) is 7.33. The number of carbonyl (C=O) groups excluding carboxylic acids is 2. The smallest absolute Gasteiger partial charge is 0.231 e. The van der Waals surface area contributed by atoms with Gasteiger partial charge in [0.15, 0.2) is 0 Å². The van der Waals surface area contributed by atoms with Crippen molar-refractivity contribution in [1.29, 1.82) is 0 Å². The van der Waals surface area contributed by atoms with Crippen molar-refractivity contribution in [3.63, 3.8) is 0 Å². The second kappa shape index (κ2) is 6.61. The van der Waals surface area contributed by atoms with Gasteiger partial charge in [-0.2, -0.15) is 0 Å². The van der Waals surface area contributed by atoms with E-state index in [1.165, 1.54) is 0 Å². The molecule has 0 fully saturated rings. The fourth-order valence-corrected chi connectivity index (χ4v) is 1.65. The molecule has 0 saturated heterocycles. The van der Waals surface area contributed by atoms with Gasteiger partial charge in [-0.3, -0.25) is 14.5 Å². The molecule has 0 unspecified atom stereocenters. The Morgan fingerprint density at radius 3 is 2.44 bits per heavy atom. The van der Waals surface area contributed by atoms with E-state index in [4.69, 9.17) is 17.2 Å². The van der Waals surface area contributed by atoms with Crippen molar-refractivity contribution in [2.45, 2.75) is 13.0 Å². The molecule has 0 bridgehead atoms. The zero-order valence-electron chi connectivity index (χ0n) is 10.1. The van der Waals surface area contributed by atoms with Gasteiger partial charge in [-0.25, -0.2) is 0 Å². The maximum absolute atomic E-state index is 11.0. The first-order valence-corrected chi connectivity index (χ1v) is 5.60. The van der Waals surface area contributed by atoms with Gasteiger partial charge < -0.3 is 17.2 Å². The van der Waals surface area contributed by atoms with Gasteiger partial charge in [0.2, 0.25) is 11.8 Å². The molecule has 6 heteroatoms. The molecule has 98 valence electrons. The molecule has 0 spiro atoms. The van der Waals surface area contributed by atoms with Crippen LogP contribution in [0, 0.1) is 0 Å². The zero-order chi connectivity index (χ0) is 13.5. The van der Waals surface area contributed by atoms with Crippen molar-refractivity contribution >= 4 is 17.5 Å². The first kappa shape index (κ1) is 14.0. The van der Waals surface area contributed by atoms with E-state index in [0.717, 1.165) is 5.56 Å². The Morgan fingerprint density at radius 1 is 1.17 bits per heavy atom. The lowest BCUT2D eigenvalue weighted by molar-refractivity contribution is -0.121. The third kappa shape index (κ3) is 5.31. The highest BCUT2D eigenvalue weighted by Gasteiger charge is 2.10. The van der Waals surface area contributed by atoms with Gasteiger partial charge in [0.25, 0.3) is 0 Å². The van der Waals surface area contributed by atoms with Gasteiger partial charge in [0, 0.05) is 25.2 Å². The van der Waals surface area contributed by atoms with Crippen LogP contribution in [0.5, 0.6) is 0 Å². The van der Waals surface area contributed by atoms with E-state index in [9.17, 15) is 9.59 Å². The Kier molecular flexibility index (Phi) is 5.13. The second-order valence-corrected chi connectivity index (χ2v) is 4.14. The van der Waals surface area contributed by atoms with E-state index < -0.39 is 11.8 Å². The van der Waals surface area contributed by atoms with E-state index in [1.807, 2.05) is 18.2 Å². The predicted octanol–water partition coefficient (Wildman–Crippen LogP) is -0.568. The topological polar surface area (TPSA) is 115 Å². The van der Waals surface area contributed by atoms with Crippen molar-refractivity contribution in [1.82, 2.24) is 4.90 Å². The summed E-state index contributed by atoms with van der Waals surface area (Å²) in [5, 5.41) is 0. The van der Waals surface area contributed by atoms with Crippen LogP contribution >= 0.6 is 0 Å². The maximum atomic E-state index is 11.0. The van der Waals surface area contributed by atoms with Crippen LogP contribution in [0.3, 0.4) is 0 Å². The predicted molar refractivity (Wildman–Crippen MR) is 69.1 cm³/mol. The summed E-state index contributed by atoms with van der Waals surface area (Å²) in [4.78, 5) is 23.5. The van der Waals surface area contributed by atoms with E-state index in [2.05, 4.69) is 0 Å². The van der Waals surface area contributed by atoms with Crippen molar-refractivity contribution in [2.75, 3.05) is 18.8 Å². The summed E-state index contributed by atoms with van der Waals surface area (Å²) in [6.45, 7) is 0.983. The molecule has 0 aliphatic carbocycles. The summed E-state index contributed by atoms with van der Waals surface area (Å²) >= 11 is 0. The molecule has 0 aliphatic heterocycles. The molecular weight excluding hydrogens is 232 g/mol. The molecule has 0 aliphatic rings. The van der Waals surface area contributed by atoms with E-state index in [0.29, 0.717) is 18.8 Å². The van der Waals surface area contributed by atoms with Gasteiger partial charge in [-0.05, 0) is 17.7 Å². The molecule has 1 rings (SSSR count). The van der Waals surface area contributed by atoms with E-state index in [1.54, 1.807) is 11.0 Å². The summed E-state index contributed by atoms with van der Waals surface area (Å²) in [6.07, 6.45) is 0.190. The number of nitrogens with two attached hydrogens (primary N) is 3. The molecule has 0 aromatic heterocycles. The number of benzene rings is 1. The Hall–Kier alpha value is -2.08. The highest BCUT2D eigenvalue weighted by Crippen LogP contribution is 2.09. The molecule has 0 atom stereocenters. The number of nitrogen functional groups attached to an aromatic ring is 1. The average molecular weight is 250 g/mol. The average Bonchev–Trinajstić information content (AvgIpc) is 2.25. The van der Waals surface area contributed by atoms with Gasteiger partial charge in [0.1, 0.15) is 0 Å². The fraction of sp³-hybridized carbons (Fsp3) is 0.333. The summed E-state index contributed by atoms with van der Waals surface area (Å²) < 4.78 is 0. The van der Waals surface area contributed by atoms with Crippen molar-refractivity contribution < 1.29 is 9.59 Å². The number of primary amides is 2. The third-order valence-corrected chi connectivity index (χ3v) is 2.41.